The van der Waals surface area contributed by atoms with Crippen molar-refractivity contribution in [1.82, 2.24) is 9.78 Å². The lowest BCUT2D eigenvalue weighted by molar-refractivity contribution is 0.0697. The van der Waals surface area contributed by atoms with Crippen LogP contribution in [0.4, 0.5) is 0 Å². The van der Waals surface area contributed by atoms with Gasteiger partial charge < -0.3 is 9.84 Å². The number of hydrogen-bond donors (Lipinski definition) is 1. The maximum atomic E-state index is 11.2. The second-order valence-corrected chi connectivity index (χ2v) is 5.94. The monoisotopic (exact) mass is 344 g/mol. The number of para-hydroxylation sites is 1. The number of rotatable bonds is 5. The first kappa shape index (κ1) is 15.9. The van der Waals surface area contributed by atoms with Crippen LogP contribution in [-0.4, -0.2) is 20.9 Å². The van der Waals surface area contributed by atoms with Crippen molar-refractivity contribution in [1.29, 1.82) is 0 Å². The Morgan fingerprint density at radius 1 is 0.962 bits per heavy atom. The first-order chi connectivity index (χ1) is 12.7. The number of fused-ring (bicyclic) bond motifs is 1. The van der Waals surface area contributed by atoms with Crippen LogP contribution in [0.1, 0.15) is 15.9 Å². The van der Waals surface area contributed by atoms with Gasteiger partial charge in [-0.05, 0) is 42.0 Å². The summed E-state index contributed by atoms with van der Waals surface area (Å²) in [4.78, 5) is 11.2. The molecule has 0 aliphatic carbocycles. The highest BCUT2D eigenvalue weighted by molar-refractivity contribution is 5.93. The fraction of sp³-hybridized carbons (Fsp3) is 0.0476. The van der Waals surface area contributed by atoms with Crippen molar-refractivity contribution in [3.63, 3.8) is 0 Å². The van der Waals surface area contributed by atoms with E-state index in [1.807, 2.05) is 54.6 Å². The standard InChI is InChI=1S/C21H16N2O3/c24-21(25)16-9-10-17-13-22-23(20(17)12-16)14-15-5-4-8-19(11-15)26-18-6-2-1-3-7-18/h1-13H,14H2,(H,24,25). The largest absolute Gasteiger partial charge is 0.478 e. The Labute approximate surface area is 150 Å². The minimum absolute atomic E-state index is 0.250. The van der Waals surface area contributed by atoms with Gasteiger partial charge in [-0.2, -0.15) is 5.10 Å². The van der Waals surface area contributed by atoms with Gasteiger partial charge in [0, 0.05) is 5.39 Å². The molecule has 5 nitrogen and oxygen atoms in total. The van der Waals surface area contributed by atoms with Gasteiger partial charge in [0.2, 0.25) is 0 Å². The molecular weight excluding hydrogens is 328 g/mol. The van der Waals surface area contributed by atoms with E-state index in [0.29, 0.717) is 6.54 Å². The van der Waals surface area contributed by atoms with Crippen LogP contribution in [-0.2, 0) is 6.54 Å². The van der Waals surface area contributed by atoms with Crippen LogP contribution in [0.3, 0.4) is 0 Å². The average Bonchev–Trinajstić information content (AvgIpc) is 3.05. The highest BCUT2D eigenvalue weighted by atomic mass is 16.5. The van der Waals surface area contributed by atoms with Gasteiger partial charge in [-0.3, -0.25) is 4.68 Å². The molecule has 0 unspecified atom stereocenters. The molecule has 1 heterocycles. The van der Waals surface area contributed by atoms with Crippen LogP contribution in [0, 0.1) is 0 Å². The third kappa shape index (κ3) is 3.28. The van der Waals surface area contributed by atoms with Crippen LogP contribution in [0.2, 0.25) is 0 Å². The van der Waals surface area contributed by atoms with Crippen molar-refractivity contribution in [3.8, 4) is 11.5 Å². The van der Waals surface area contributed by atoms with Gasteiger partial charge in [-0.25, -0.2) is 4.79 Å². The maximum Gasteiger partial charge on any atom is 0.335 e. The smallest absolute Gasteiger partial charge is 0.335 e. The summed E-state index contributed by atoms with van der Waals surface area (Å²) in [5.74, 6) is 0.578. The molecule has 3 aromatic carbocycles. The van der Waals surface area contributed by atoms with Gasteiger partial charge in [-0.15, -0.1) is 0 Å². The van der Waals surface area contributed by atoms with Crippen LogP contribution in [0.15, 0.2) is 79.0 Å². The Balaban J connectivity index is 1.61. The first-order valence-electron chi connectivity index (χ1n) is 8.20. The molecule has 0 fully saturated rings. The number of aromatic nitrogens is 2. The number of benzene rings is 3. The number of carboxylic acid groups (broad SMARTS) is 1. The lowest BCUT2D eigenvalue weighted by Crippen LogP contribution is -2.03. The summed E-state index contributed by atoms with van der Waals surface area (Å²) in [6.45, 7) is 0.526. The van der Waals surface area contributed by atoms with Gasteiger partial charge in [0.25, 0.3) is 0 Å². The zero-order valence-electron chi connectivity index (χ0n) is 13.9. The van der Waals surface area contributed by atoms with Gasteiger partial charge in [0.15, 0.2) is 0 Å². The molecule has 0 bridgehead atoms. The molecule has 0 amide bonds. The minimum atomic E-state index is -0.946. The van der Waals surface area contributed by atoms with E-state index in [2.05, 4.69) is 5.10 Å². The summed E-state index contributed by atoms with van der Waals surface area (Å²) in [6, 6.07) is 22.4. The van der Waals surface area contributed by atoms with E-state index in [9.17, 15) is 9.90 Å². The summed E-state index contributed by atoms with van der Waals surface area (Å²) >= 11 is 0. The quantitative estimate of drug-likeness (QED) is 0.576. The number of nitrogens with zero attached hydrogens (tertiary/aromatic N) is 2. The Kier molecular flexibility index (Phi) is 4.11. The van der Waals surface area contributed by atoms with Crippen LogP contribution in [0.25, 0.3) is 10.9 Å². The van der Waals surface area contributed by atoms with Crippen molar-refractivity contribution in [2.45, 2.75) is 6.54 Å². The summed E-state index contributed by atoms with van der Waals surface area (Å²) in [6.07, 6.45) is 1.74. The molecule has 0 atom stereocenters. The molecule has 1 N–H and O–H groups in total. The fourth-order valence-corrected chi connectivity index (χ4v) is 2.83. The topological polar surface area (TPSA) is 64.3 Å². The molecule has 128 valence electrons. The number of carbonyl (C=O) groups is 1. The van der Waals surface area contributed by atoms with Crippen molar-refractivity contribution in [2.24, 2.45) is 0 Å². The van der Waals surface area contributed by atoms with Gasteiger partial charge in [-0.1, -0.05) is 36.4 Å². The zero-order valence-corrected chi connectivity index (χ0v) is 13.9. The number of ether oxygens (including phenoxy) is 1. The molecule has 0 radical (unpaired) electrons. The Morgan fingerprint density at radius 2 is 1.77 bits per heavy atom. The normalized spacial score (nSPS) is 10.8. The second-order valence-electron chi connectivity index (χ2n) is 5.94. The van der Waals surface area contributed by atoms with Gasteiger partial charge in [0.05, 0.1) is 23.8 Å². The summed E-state index contributed by atoms with van der Waals surface area (Å²) < 4.78 is 7.66. The molecule has 0 aliphatic heterocycles. The maximum absolute atomic E-state index is 11.2. The molecule has 0 spiro atoms. The van der Waals surface area contributed by atoms with E-state index in [1.54, 1.807) is 29.1 Å². The van der Waals surface area contributed by atoms with Crippen LogP contribution in [0.5, 0.6) is 11.5 Å². The average molecular weight is 344 g/mol. The van der Waals surface area contributed by atoms with Crippen LogP contribution >= 0.6 is 0 Å². The fourth-order valence-electron chi connectivity index (χ4n) is 2.83. The highest BCUT2D eigenvalue weighted by Crippen LogP contribution is 2.23. The van der Waals surface area contributed by atoms with E-state index in [4.69, 9.17) is 4.74 Å². The zero-order chi connectivity index (χ0) is 17.9. The third-order valence-corrected chi connectivity index (χ3v) is 4.10. The number of carboxylic acids is 1. The predicted octanol–water partition coefficient (Wildman–Crippen LogP) is 4.58. The first-order valence-corrected chi connectivity index (χ1v) is 8.20. The Bertz CT molecular complexity index is 1070. The summed E-state index contributed by atoms with van der Waals surface area (Å²) in [5, 5.41) is 14.5. The Morgan fingerprint density at radius 3 is 2.58 bits per heavy atom. The lowest BCUT2D eigenvalue weighted by atomic mass is 10.1. The molecule has 0 aliphatic rings. The van der Waals surface area contributed by atoms with Crippen molar-refractivity contribution in [3.05, 3.63) is 90.1 Å². The molecule has 0 saturated heterocycles. The Hall–Kier alpha value is -3.60. The van der Waals surface area contributed by atoms with E-state index in [1.165, 1.54) is 0 Å². The van der Waals surface area contributed by atoms with E-state index in [0.717, 1.165) is 28.0 Å². The SMILES string of the molecule is O=C(O)c1ccc2cnn(Cc3cccc(Oc4ccccc4)c3)c2c1. The third-order valence-electron chi connectivity index (χ3n) is 4.10. The van der Waals surface area contributed by atoms with Crippen LogP contribution < -0.4 is 4.74 Å². The highest BCUT2D eigenvalue weighted by Gasteiger charge is 2.09. The van der Waals surface area contributed by atoms with Gasteiger partial charge >= 0.3 is 5.97 Å². The van der Waals surface area contributed by atoms with E-state index >= 15 is 0 Å². The van der Waals surface area contributed by atoms with E-state index in [-0.39, 0.29) is 5.56 Å². The molecule has 1 aromatic heterocycles. The van der Waals surface area contributed by atoms with Crippen molar-refractivity contribution < 1.29 is 14.6 Å². The second kappa shape index (κ2) is 6.72. The molecule has 5 heteroatoms. The van der Waals surface area contributed by atoms with Crippen molar-refractivity contribution >= 4 is 16.9 Å². The molecule has 4 aromatic rings. The van der Waals surface area contributed by atoms with E-state index < -0.39 is 5.97 Å². The number of aromatic carboxylic acids is 1. The van der Waals surface area contributed by atoms with Crippen molar-refractivity contribution in [2.75, 3.05) is 0 Å². The minimum Gasteiger partial charge on any atom is -0.478 e. The molecule has 26 heavy (non-hydrogen) atoms. The molecule has 0 saturated carbocycles. The molecule has 4 rings (SSSR count). The molecular formula is C21H16N2O3. The number of hydrogen-bond acceptors (Lipinski definition) is 3. The lowest BCUT2D eigenvalue weighted by Gasteiger charge is -2.09. The summed E-state index contributed by atoms with van der Waals surface area (Å²) in [5.41, 5.74) is 2.06. The summed E-state index contributed by atoms with van der Waals surface area (Å²) in [7, 11) is 0. The predicted molar refractivity (Wildman–Crippen MR) is 98.8 cm³/mol. The van der Waals surface area contributed by atoms with Gasteiger partial charge in [0.1, 0.15) is 11.5 Å².